The van der Waals surface area contributed by atoms with Crippen molar-refractivity contribution >= 4 is 5.91 Å². The van der Waals surface area contributed by atoms with Gasteiger partial charge in [-0.3, -0.25) is 9.69 Å². The number of hydrogen-bond donors (Lipinski definition) is 1. The molecule has 0 radical (unpaired) electrons. The van der Waals surface area contributed by atoms with Gasteiger partial charge in [0.1, 0.15) is 0 Å². The average Bonchev–Trinajstić information content (AvgIpc) is 2.35. The first-order valence-corrected chi connectivity index (χ1v) is 6.84. The minimum absolute atomic E-state index is 0.282. The molecule has 0 aromatic rings. The van der Waals surface area contributed by atoms with Crippen LogP contribution in [-0.2, 0) is 4.79 Å². The fourth-order valence-electron chi connectivity index (χ4n) is 2.46. The van der Waals surface area contributed by atoms with E-state index in [1.807, 2.05) is 4.90 Å². The van der Waals surface area contributed by atoms with Crippen molar-refractivity contribution in [3.05, 3.63) is 0 Å². The fraction of sp³-hybridized carbons (Fsp3) is 0.923. The third-order valence-electron chi connectivity index (χ3n) is 3.90. The van der Waals surface area contributed by atoms with Crippen LogP contribution in [0.25, 0.3) is 0 Å². The quantitative estimate of drug-likeness (QED) is 0.778. The monoisotopic (exact) mass is 241 g/mol. The van der Waals surface area contributed by atoms with Crippen molar-refractivity contribution in [3.63, 3.8) is 0 Å². The summed E-state index contributed by atoms with van der Waals surface area (Å²) in [6.07, 6.45) is 1.61. The molecule has 1 saturated heterocycles. The third-order valence-corrected chi connectivity index (χ3v) is 3.90. The predicted octanol–water partition coefficient (Wildman–Crippen LogP) is 0.914. The Hall–Kier alpha value is -0.610. The lowest BCUT2D eigenvalue weighted by molar-refractivity contribution is -0.135. The van der Waals surface area contributed by atoms with Gasteiger partial charge in [0.2, 0.25) is 5.91 Å². The van der Waals surface area contributed by atoms with E-state index < -0.39 is 0 Å². The summed E-state index contributed by atoms with van der Waals surface area (Å²) in [5, 5.41) is 0. The van der Waals surface area contributed by atoms with Crippen LogP contribution in [0.15, 0.2) is 0 Å². The Morgan fingerprint density at radius 1 is 1.41 bits per heavy atom. The summed E-state index contributed by atoms with van der Waals surface area (Å²) in [5.74, 6) is 0.631. The van der Waals surface area contributed by atoms with Crippen LogP contribution in [0.5, 0.6) is 0 Å². The topological polar surface area (TPSA) is 49.6 Å². The number of likely N-dealkylation sites (N-methyl/N-ethyl adjacent to an activating group) is 1. The first kappa shape index (κ1) is 14.5. The number of rotatable bonds is 5. The summed E-state index contributed by atoms with van der Waals surface area (Å²) < 4.78 is 0. The van der Waals surface area contributed by atoms with E-state index in [-0.39, 0.29) is 5.91 Å². The molecule has 0 aromatic heterocycles. The second-order valence-corrected chi connectivity index (χ2v) is 5.03. The van der Waals surface area contributed by atoms with Crippen LogP contribution >= 0.6 is 0 Å². The van der Waals surface area contributed by atoms with Gasteiger partial charge in [0.25, 0.3) is 0 Å². The lowest BCUT2D eigenvalue weighted by Gasteiger charge is -2.39. The largest absolute Gasteiger partial charge is 0.340 e. The Kier molecular flexibility index (Phi) is 5.92. The van der Waals surface area contributed by atoms with E-state index in [0.717, 1.165) is 32.6 Å². The molecular weight excluding hydrogens is 214 g/mol. The average molecular weight is 241 g/mol. The zero-order valence-corrected chi connectivity index (χ0v) is 11.5. The minimum Gasteiger partial charge on any atom is -0.340 e. The third kappa shape index (κ3) is 3.96. The number of piperazine rings is 1. The normalized spacial score (nSPS) is 23.8. The minimum atomic E-state index is 0.282. The van der Waals surface area contributed by atoms with Gasteiger partial charge >= 0.3 is 0 Å². The highest BCUT2D eigenvalue weighted by Crippen LogP contribution is 2.13. The van der Waals surface area contributed by atoms with E-state index in [1.165, 1.54) is 0 Å². The van der Waals surface area contributed by atoms with Crippen LogP contribution in [-0.4, -0.2) is 54.5 Å². The summed E-state index contributed by atoms with van der Waals surface area (Å²) in [6, 6.07) is 0.482. The molecular formula is C13H27N3O. The van der Waals surface area contributed by atoms with Gasteiger partial charge in [-0.05, 0) is 25.9 Å². The van der Waals surface area contributed by atoms with Crippen LogP contribution < -0.4 is 5.73 Å². The molecule has 2 N–H and O–H groups in total. The summed E-state index contributed by atoms with van der Waals surface area (Å²) in [4.78, 5) is 16.5. The Balaban J connectivity index is 2.43. The summed E-state index contributed by atoms with van der Waals surface area (Å²) >= 11 is 0. The zero-order chi connectivity index (χ0) is 12.8. The molecule has 100 valence electrons. The van der Waals surface area contributed by atoms with E-state index in [0.29, 0.717) is 24.9 Å². The van der Waals surface area contributed by atoms with Crippen LogP contribution in [0.1, 0.15) is 33.6 Å². The van der Waals surface area contributed by atoms with Crippen molar-refractivity contribution in [1.82, 2.24) is 9.80 Å². The smallest absolute Gasteiger partial charge is 0.222 e. The highest BCUT2D eigenvalue weighted by atomic mass is 16.2. The maximum atomic E-state index is 12.1. The maximum Gasteiger partial charge on any atom is 0.222 e. The first-order chi connectivity index (χ1) is 8.12. The molecule has 1 rings (SSSR count). The molecule has 1 aliphatic rings. The van der Waals surface area contributed by atoms with Crippen molar-refractivity contribution in [2.45, 2.75) is 39.7 Å². The number of nitrogens with two attached hydrogens (primary N) is 1. The molecule has 0 saturated carbocycles. The van der Waals surface area contributed by atoms with Gasteiger partial charge in [0.05, 0.1) is 0 Å². The Bertz CT molecular complexity index is 241. The highest BCUT2D eigenvalue weighted by Gasteiger charge is 2.26. The summed E-state index contributed by atoms with van der Waals surface area (Å²) in [7, 11) is 0. The fourth-order valence-corrected chi connectivity index (χ4v) is 2.46. The van der Waals surface area contributed by atoms with Crippen molar-refractivity contribution in [1.29, 1.82) is 0 Å². The molecule has 0 bridgehead atoms. The lowest BCUT2D eigenvalue weighted by Crippen LogP contribution is -2.53. The van der Waals surface area contributed by atoms with Gasteiger partial charge in [-0.2, -0.15) is 0 Å². The molecule has 0 spiro atoms. The maximum absolute atomic E-state index is 12.1. The van der Waals surface area contributed by atoms with E-state index in [1.54, 1.807) is 0 Å². The molecule has 4 heteroatoms. The highest BCUT2D eigenvalue weighted by molar-refractivity contribution is 5.76. The second-order valence-electron chi connectivity index (χ2n) is 5.03. The lowest BCUT2D eigenvalue weighted by atomic mass is 10.0. The SMILES string of the molecule is CCC(CN)CC(=O)N1CCN(CC)C(C)C1. The van der Waals surface area contributed by atoms with E-state index >= 15 is 0 Å². The van der Waals surface area contributed by atoms with Gasteiger partial charge < -0.3 is 10.6 Å². The molecule has 1 aliphatic heterocycles. The van der Waals surface area contributed by atoms with Crippen LogP contribution in [0.4, 0.5) is 0 Å². The zero-order valence-electron chi connectivity index (χ0n) is 11.5. The Labute approximate surface area is 105 Å². The standard InChI is InChI=1S/C13H27N3O/c1-4-12(9-14)8-13(17)16-7-6-15(5-2)11(3)10-16/h11-12H,4-10,14H2,1-3H3. The van der Waals surface area contributed by atoms with E-state index in [2.05, 4.69) is 25.7 Å². The molecule has 4 nitrogen and oxygen atoms in total. The van der Waals surface area contributed by atoms with E-state index in [4.69, 9.17) is 5.73 Å². The molecule has 1 fully saturated rings. The van der Waals surface area contributed by atoms with Crippen LogP contribution in [0, 0.1) is 5.92 Å². The molecule has 0 aromatic carbocycles. The number of hydrogen-bond acceptors (Lipinski definition) is 3. The van der Waals surface area contributed by atoms with Crippen LogP contribution in [0.2, 0.25) is 0 Å². The summed E-state index contributed by atoms with van der Waals surface area (Å²) in [6.45, 7) is 10.9. The van der Waals surface area contributed by atoms with Gasteiger partial charge in [0.15, 0.2) is 0 Å². The number of nitrogens with zero attached hydrogens (tertiary/aromatic N) is 2. The number of carbonyl (C=O) groups is 1. The second kappa shape index (κ2) is 6.97. The molecule has 17 heavy (non-hydrogen) atoms. The van der Waals surface area contributed by atoms with Crippen molar-refractivity contribution in [2.24, 2.45) is 11.7 Å². The predicted molar refractivity (Wildman–Crippen MR) is 70.7 cm³/mol. The number of carbonyl (C=O) groups excluding carboxylic acids is 1. The molecule has 2 atom stereocenters. The van der Waals surface area contributed by atoms with Crippen molar-refractivity contribution in [3.8, 4) is 0 Å². The van der Waals surface area contributed by atoms with Crippen molar-refractivity contribution in [2.75, 3.05) is 32.7 Å². The molecule has 2 unspecified atom stereocenters. The first-order valence-electron chi connectivity index (χ1n) is 6.84. The Morgan fingerprint density at radius 2 is 2.12 bits per heavy atom. The van der Waals surface area contributed by atoms with Gasteiger partial charge in [-0.1, -0.05) is 20.3 Å². The Morgan fingerprint density at radius 3 is 2.59 bits per heavy atom. The van der Waals surface area contributed by atoms with Crippen LogP contribution in [0.3, 0.4) is 0 Å². The van der Waals surface area contributed by atoms with Gasteiger partial charge in [-0.15, -0.1) is 0 Å². The van der Waals surface area contributed by atoms with E-state index in [9.17, 15) is 4.79 Å². The summed E-state index contributed by atoms with van der Waals surface area (Å²) in [5.41, 5.74) is 5.65. The van der Waals surface area contributed by atoms with Gasteiger partial charge in [0, 0.05) is 32.1 Å². The molecule has 0 aliphatic carbocycles. The van der Waals surface area contributed by atoms with Gasteiger partial charge in [-0.25, -0.2) is 0 Å². The molecule has 1 amide bonds. The molecule has 1 heterocycles. The number of amides is 1. The van der Waals surface area contributed by atoms with Crippen molar-refractivity contribution < 1.29 is 4.79 Å².